The lowest BCUT2D eigenvalue weighted by molar-refractivity contribution is 0.112. The molecule has 2 aromatic rings. The average molecular weight is 339 g/mol. The molecule has 5 heteroatoms. The Labute approximate surface area is 148 Å². The third-order valence-electron chi connectivity index (χ3n) is 4.34. The first-order chi connectivity index (χ1) is 12.2. The maximum absolute atomic E-state index is 11.9. The van der Waals surface area contributed by atoms with E-state index in [0.717, 1.165) is 30.8 Å². The topological polar surface area (TPSA) is 62.4 Å². The SMILES string of the molecule is C[C@H](Nc1ccc(NC(=O)NC[C@H]2CCCO2)cc1)c1ccccc1. The molecular weight excluding hydrogens is 314 g/mol. The van der Waals surface area contributed by atoms with Crippen LogP contribution in [-0.4, -0.2) is 25.3 Å². The molecule has 0 aromatic heterocycles. The van der Waals surface area contributed by atoms with Crippen molar-refractivity contribution in [2.24, 2.45) is 0 Å². The maximum Gasteiger partial charge on any atom is 0.319 e. The summed E-state index contributed by atoms with van der Waals surface area (Å²) in [4.78, 5) is 11.9. The summed E-state index contributed by atoms with van der Waals surface area (Å²) < 4.78 is 5.49. The van der Waals surface area contributed by atoms with Gasteiger partial charge in [0.05, 0.1) is 6.10 Å². The Hall–Kier alpha value is -2.53. The zero-order valence-corrected chi connectivity index (χ0v) is 14.5. The van der Waals surface area contributed by atoms with Crippen molar-refractivity contribution in [3.8, 4) is 0 Å². The molecule has 0 saturated carbocycles. The van der Waals surface area contributed by atoms with E-state index in [4.69, 9.17) is 4.74 Å². The van der Waals surface area contributed by atoms with E-state index in [0.29, 0.717) is 6.54 Å². The van der Waals surface area contributed by atoms with Crippen molar-refractivity contribution in [1.82, 2.24) is 5.32 Å². The fourth-order valence-corrected chi connectivity index (χ4v) is 2.91. The summed E-state index contributed by atoms with van der Waals surface area (Å²) in [5.41, 5.74) is 3.02. The van der Waals surface area contributed by atoms with Crippen LogP contribution in [0.1, 0.15) is 31.4 Å². The van der Waals surface area contributed by atoms with Crippen molar-refractivity contribution in [2.45, 2.75) is 31.9 Å². The average Bonchev–Trinajstić information content (AvgIpc) is 3.16. The molecule has 2 atom stereocenters. The van der Waals surface area contributed by atoms with Gasteiger partial charge in [0, 0.05) is 30.6 Å². The highest BCUT2D eigenvalue weighted by Crippen LogP contribution is 2.20. The van der Waals surface area contributed by atoms with E-state index in [9.17, 15) is 4.79 Å². The Morgan fingerprint density at radius 3 is 2.52 bits per heavy atom. The molecule has 0 spiro atoms. The van der Waals surface area contributed by atoms with Gasteiger partial charge in [-0.25, -0.2) is 4.79 Å². The third-order valence-corrected chi connectivity index (χ3v) is 4.34. The Morgan fingerprint density at radius 1 is 1.12 bits per heavy atom. The van der Waals surface area contributed by atoms with Crippen molar-refractivity contribution >= 4 is 17.4 Å². The number of rotatable bonds is 6. The molecule has 3 N–H and O–H groups in total. The zero-order valence-electron chi connectivity index (χ0n) is 14.5. The summed E-state index contributed by atoms with van der Waals surface area (Å²) in [6.45, 7) is 3.48. The third kappa shape index (κ3) is 5.22. The van der Waals surface area contributed by atoms with Crippen LogP contribution >= 0.6 is 0 Å². The molecule has 1 aliphatic rings. The largest absolute Gasteiger partial charge is 0.379 e. The summed E-state index contributed by atoms with van der Waals surface area (Å²) in [5.74, 6) is 0. The second kappa shape index (κ2) is 8.53. The quantitative estimate of drug-likeness (QED) is 0.740. The van der Waals surface area contributed by atoms with E-state index in [2.05, 4.69) is 35.0 Å². The number of urea groups is 1. The fourth-order valence-electron chi connectivity index (χ4n) is 2.91. The number of carbonyl (C=O) groups is 1. The number of ether oxygens (including phenoxy) is 1. The standard InChI is InChI=1S/C20H25N3O2/c1-15(16-6-3-2-4-7-16)22-17-9-11-18(12-10-17)23-20(24)21-14-19-8-5-13-25-19/h2-4,6-7,9-12,15,19,22H,5,8,13-14H2,1H3,(H2,21,23,24)/t15-,19+/m0/s1. The van der Waals surface area contributed by atoms with Crippen LogP contribution in [0.4, 0.5) is 16.2 Å². The summed E-state index contributed by atoms with van der Waals surface area (Å²) >= 11 is 0. The summed E-state index contributed by atoms with van der Waals surface area (Å²) in [5, 5.41) is 9.15. The molecule has 0 bridgehead atoms. The second-order valence-corrected chi connectivity index (χ2v) is 6.32. The van der Waals surface area contributed by atoms with Crippen molar-refractivity contribution in [1.29, 1.82) is 0 Å². The van der Waals surface area contributed by atoms with E-state index in [1.54, 1.807) is 0 Å². The minimum absolute atomic E-state index is 0.150. The predicted molar refractivity (Wildman–Crippen MR) is 101 cm³/mol. The molecule has 0 unspecified atom stereocenters. The van der Waals surface area contributed by atoms with E-state index in [1.165, 1.54) is 5.56 Å². The van der Waals surface area contributed by atoms with Gasteiger partial charge in [-0.15, -0.1) is 0 Å². The van der Waals surface area contributed by atoms with Crippen molar-refractivity contribution in [2.75, 3.05) is 23.8 Å². The summed E-state index contributed by atoms with van der Waals surface area (Å²) in [6, 6.07) is 18.0. The Balaban J connectivity index is 1.47. The van der Waals surface area contributed by atoms with Crippen LogP contribution in [0.25, 0.3) is 0 Å². The number of hydrogen-bond donors (Lipinski definition) is 3. The van der Waals surface area contributed by atoms with Crippen LogP contribution in [0, 0.1) is 0 Å². The molecule has 1 fully saturated rings. The van der Waals surface area contributed by atoms with E-state index in [-0.39, 0.29) is 18.2 Å². The number of hydrogen-bond acceptors (Lipinski definition) is 3. The molecular formula is C20H25N3O2. The summed E-state index contributed by atoms with van der Waals surface area (Å²) in [6.07, 6.45) is 2.24. The summed E-state index contributed by atoms with van der Waals surface area (Å²) in [7, 11) is 0. The van der Waals surface area contributed by atoms with Gasteiger partial charge in [-0.2, -0.15) is 0 Å². The Morgan fingerprint density at radius 2 is 1.84 bits per heavy atom. The maximum atomic E-state index is 11.9. The fraction of sp³-hybridized carbons (Fsp3) is 0.350. The lowest BCUT2D eigenvalue weighted by atomic mass is 10.1. The van der Waals surface area contributed by atoms with E-state index >= 15 is 0 Å². The highest BCUT2D eigenvalue weighted by molar-refractivity contribution is 5.89. The van der Waals surface area contributed by atoms with Gasteiger partial charge >= 0.3 is 6.03 Å². The monoisotopic (exact) mass is 339 g/mol. The Kier molecular flexibility index (Phi) is 5.90. The number of nitrogens with one attached hydrogen (secondary N) is 3. The van der Waals surface area contributed by atoms with Crippen LogP contribution in [0.15, 0.2) is 54.6 Å². The highest BCUT2D eigenvalue weighted by Gasteiger charge is 2.16. The smallest absolute Gasteiger partial charge is 0.319 e. The van der Waals surface area contributed by atoms with E-state index in [1.807, 2.05) is 42.5 Å². The number of benzene rings is 2. The minimum Gasteiger partial charge on any atom is -0.379 e. The van der Waals surface area contributed by atoms with Crippen molar-refractivity contribution in [3.05, 3.63) is 60.2 Å². The predicted octanol–water partition coefficient (Wildman–Crippen LogP) is 4.16. The molecule has 0 radical (unpaired) electrons. The first-order valence-electron chi connectivity index (χ1n) is 8.79. The number of amides is 2. The van der Waals surface area contributed by atoms with Crippen LogP contribution in [-0.2, 0) is 4.74 Å². The van der Waals surface area contributed by atoms with Gasteiger partial charge in [0.2, 0.25) is 0 Å². The molecule has 5 nitrogen and oxygen atoms in total. The molecule has 25 heavy (non-hydrogen) atoms. The van der Waals surface area contributed by atoms with Crippen LogP contribution in [0.2, 0.25) is 0 Å². The molecule has 132 valence electrons. The number of anilines is 2. The first kappa shape index (κ1) is 17.3. The molecule has 3 rings (SSSR count). The van der Waals surface area contributed by atoms with Crippen LogP contribution in [0.5, 0.6) is 0 Å². The molecule has 1 saturated heterocycles. The molecule has 1 aliphatic heterocycles. The molecule has 2 aromatic carbocycles. The van der Waals surface area contributed by atoms with Gasteiger partial charge in [0.25, 0.3) is 0 Å². The normalized spacial score (nSPS) is 17.7. The Bertz CT molecular complexity index is 667. The minimum atomic E-state index is -0.200. The van der Waals surface area contributed by atoms with Gasteiger partial charge in [-0.3, -0.25) is 0 Å². The van der Waals surface area contributed by atoms with Gasteiger partial charge in [0.15, 0.2) is 0 Å². The molecule has 1 heterocycles. The van der Waals surface area contributed by atoms with Crippen molar-refractivity contribution in [3.63, 3.8) is 0 Å². The zero-order chi connectivity index (χ0) is 17.5. The molecule has 2 amide bonds. The second-order valence-electron chi connectivity index (χ2n) is 6.32. The lowest BCUT2D eigenvalue weighted by Gasteiger charge is -2.16. The van der Waals surface area contributed by atoms with Gasteiger partial charge in [-0.1, -0.05) is 30.3 Å². The van der Waals surface area contributed by atoms with Gasteiger partial charge < -0.3 is 20.7 Å². The van der Waals surface area contributed by atoms with Gasteiger partial charge in [-0.05, 0) is 49.6 Å². The lowest BCUT2D eigenvalue weighted by Crippen LogP contribution is -2.35. The highest BCUT2D eigenvalue weighted by atomic mass is 16.5. The molecule has 0 aliphatic carbocycles. The van der Waals surface area contributed by atoms with Crippen molar-refractivity contribution < 1.29 is 9.53 Å². The van der Waals surface area contributed by atoms with Gasteiger partial charge in [0.1, 0.15) is 0 Å². The van der Waals surface area contributed by atoms with Crippen LogP contribution < -0.4 is 16.0 Å². The number of carbonyl (C=O) groups excluding carboxylic acids is 1. The first-order valence-corrected chi connectivity index (χ1v) is 8.79. The van der Waals surface area contributed by atoms with E-state index < -0.39 is 0 Å². The van der Waals surface area contributed by atoms with Crippen LogP contribution in [0.3, 0.4) is 0 Å².